The average Bonchev–Trinajstić information content (AvgIpc) is 3.07. The van der Waals surface area contributed by atoms with Crippen molar-refractivity contribution >= 4 is 10.0 Å². The molecule has 0 bridgehead atoms. The van der Waals surface area contributed by atoms with Gasteiger partial charge in [-0.25, -0.2) is 13.1 Å². The van der Waals surface area contributed by atoms with Crippen molar-refractivity contribution in [3.63, 3.8) is 0 Å². The molecule has 0 radical (unpaired) electrons. The van der Waals surface area contributed by atoms with Crippen molar-refractivity contribution in [3.8, 4) is 0 Å². The summed E-state index contributed by atoms with van der Waals surface area (Å²) in [6.07, 6.45) is 2.81. The van der Waals surface area contributed by atoms with Crippen LogP contribution in [0.25, 0.3) is 0 Å². The van der Waals surface area contributed by atoms with Crippen LogP contribution in [-0.2, 0) is 10.0 Å². The number of halogens is 2. The topological polar surface area (TPSA) is 59.1 Å². The van der Waals surface area contributed by atoms with Crippen LogP contribution in [-0.4, -0.2) is 19.9 Å². The normalized spacial score (nSPS) is 17.7. The van der Waals surface area contributed by atoms with Gasteiger partial charge in [0.15, 0.2) is 0 Å². The molecular formula is C11H14F2N2O2S. The van der Waals surface area contributed by atoms with E-state index in [1.54, 1.807) is 0 Å². The molecule has 18 heavy (non-hydrogen) atoms. The molecule has 0 aliphatic heterocycles. The maximum Gasteiger partial charge on any atom is 0.245 e. The monoisotopic (exact) mass is 276 g/mol. The summed E-state index contributed by atoms with van der Waals surface area (Å²) < 4.78 is 51.9. The van der Waals surface area contributed by atoms with Gasteiger partial charge in [0.25, 0.3) is 0 Å². The van der Waals surface area contributed by atoms with Crippen molar-refractivity contribution in [1.29, 1.82) is 0 Å². The quantitative estimate of drug-likeness (QED) is 0.835. The fraction of sp³-hybridized carbons (Fsp3) is 0.545. The Morgan fingerprint density at radius 3 is 2.56 bits per heavy atom. The van der Waals surface area contributed by atoms with Crippen LogP contribution >= 0.6 is 0 Å². The van der Waals surface area contributed by atoms with E-state index in [4.69, 9.17) is 0 Å². The number of sulfonamides is 1. The average molecular weight is 276 g/mol. The van der Waals surface area contributed by atoms with Crippen LogP contribution in [0.4, 0.5) is 8.78 Å². The minimum absolute atomic E-state index is 0.0109. The molecular weight excluding hydrogens is 262 g/mol. The highest BCUT2D eigenvalue weighted by Gasteiger charge is 2.41. The molecule has 1 fully saturated rings. The molecule has 1 saturated carbocycles. The molecule has 0 saturated heterocycles. The van der Waals surface area contributed by atoms with E-state index in [1.165, 1.54) is 0 Å². The summed E-state index contributed by atoms with van der Waals surface area (Å²) in [5, 5.41) is 0. The van der Waals surface area contributed by atoms with Gasteiger partial charge in [0.05, 0.1) is 0 Å². The lowest BCUT2D eigenvalue weighted by molar-refractivity contribution is 0.466. The zero-order valence-electron chi connectivity index (χ0n) is 9.91. The van der Waals surface area contributed by atoms with Gasteiger partial charge in [-0.1, -0.05) is 6.92 Å². The van der Waals surface area contributed by atoms with Gasteiger partial charge in [0.1, 0.15) is 4.90 Å². The molecule has 1 aliphatic rings. The van der Waals surface area contributed by atoms with Gasteiger partial charge in [-0.3, -0.25) is 0 Å². The summed E-state index contributed by atoms with van der Waals surface area (Å²) in [6, 6.07) is 1.70. The third kappa shape index (κ3) is 2.67. The second kappa shape index (κ2) is 4.55. The Kier molecular flexibility index (Phi) is 3.37. The van der Waals surface area contributed by atoms with Crippen molar-refractivity contribution in [3.05, 3.63) is 24.0 Å². The predicted molar refractivity (Wildman–Crippen MR) is 61.3 cm³/mol. The van der Waals surface area contributed by atoms with Crippen LogP contribution < -0.4 is 4.72 Å². The predicted octanol–water partition coefficient (Wildman–Crippen LogP) is 1.83. The maximum atomic E-state index is 13.3. The number of nitrogens with one attached hydrogen (secondary N) is 1. The number of pyridine rings is 1. The molecule has 100 valence electrons. The Morgan fingerprint density at radius 2 is 2.06 bits per heavy atom. The molecule has 0 amide bonds. The zero-order valence-corrected chi connectivity index (χ0v) is 10.7. The molecule has 1 heterocycles. The molecule has 0 atom stereocenters. The van der Waals surface area contributed by atoms with Crippen LogP contribution in [0.15, 0.2) is 17.0 Å². The van der Waals surface area contributed by atoms with Gasteiger partial charge in [-0.15, -0.1) is 0 Å². The fourth-order valence-corrected chi connectivity index (χ4v) is 2.92. The molecule has 0 spiro atoms. The van der Waals surface area contributed by atoms with Crippen LogP contribution in [0.1, 0.15) is 26.2 Å². The zero-order chi connectivity index (χ0) is 13.4. The van der Waals surface area contributed by atoms with Gasteiger partial charge >= 0.3 is 0 Å². The SMILES string of the molecule is CCC1(CNS(=O)(=O)c2ccc(F)nc2F)CC1. The number of hydrogen-bond donors (Lipinski definition) is 1. The van der Waals surface area contributed by atoms with E-state index >= 15 is 0 Å². The first-order valence-corrected chi connectivity index (χ1v) is 7.19. The molecule has 1 aliphatic carbocycles. The number of aromatic nitrogens is 1. The molecule has 4 nitrogen and oxygen atoms in total. The van der Waals surface area contributed by atoms with Crippen LogP contribution in [0.3, 0.4) is 0 Å². The fourth-order valence-electron chi connectivity index (χ4n) is 1.76. The van der Waals surface area contributed by atoms with Crippen molar-refractivity contribution in [1.82, 2.24) is 9.71 Å². The van der Waals surface area contributed by atoms with E-state index in [2.05, 4.69) is 9.71 Å². The first kappa shape index (κ1) is 13.4. The van der Waals surface area contributed by atoms with E-state index < -0.39 is 26.8 Å². The number of nitrogens with zero attached hydrogens (tertiary/aromatic N) is 1. The Bertz CT molecular complexity index is 556. The summed E-state index contributed by atoms with van der Waals surface area (Å²) in [5.41, 5.74) is 0.0109. The van der Waals surface area contributed by atoms with Crippen molar-refractivity contribution in [2.45, 2.75) is 31.1 Å². The van der Waals surface area contributed by atoms with E-state index in [-0.39, 0.29) is 12.0 Å². The molecule has 2 rings (SSSR count). The Morgan fingerprint density at radius 1 is 1.39 bits per heavy atom. The van der Waals surface area contributed by atoms with Gasteiger partial charge in [0, 0.05) is 6.54 Å². The summed E-state index contributed by atoms with van der Waals surface area (Å²) in [4.78, 5) is 2.25. The third-order valence-electron chi connectivity index (χ3n) is 3.41. The highest BCUT2D eigenvalue weighted by atomic mass is 32.2. The summed E-state index contributed by atoms with van der Waals surface area (Å²) in [7, 11) is -3.97. The highest BCUT2D eigenvalue weighted by molar-refractivity contribution is 7.89. The smallest absolute Gasteiger partial charge is 0.210 e. The molecule has 1 aromatic rings. The van der Waals surface area contributed by atoms with Gasteiger partial charge < -0.3 is 0 Å². The molecule has 1 N–H and O–H groups in total. The Labute approximate surface area is 104 Å². The molecule has 0 unspecified atom stereocenters. The van der Waals surface area contributed by atoms with Crippen LogP contribution in [0.5, 0.6) is 0 Å². The van der Waals surface area contributed by atoms with E-state index in [0.29, 0.717) is 0 Å². The molecule has 1 aromatic heterocycles. The van der Waals surface area contributed by atoms with Crippen LogP contribution in [0, 0.1) is 17.3 Å². The first-order chi connectivity index (χ1) is 8.38. The standard InChI is InChI=1S/C11H14F2N2O2S/c1-2-11(5-6-11)7-14-18(16,17)8-3-4-9(12)15-10(8)13/h3-4,14H,2,5-7H2,1H3. The van der Waals surface area contributed by atoms with Crippen molar-refractivity contribution < 1.29 is 17.2 Å². The van der Waals surface area contributed by atoms with Crippen LogP contribution in [0.2, 0.25) is 0 Å². The second-order valence-electron chi connectivity index (χ2n) is 4.60. The van der Waals surface area contributed by atoms with Gasteiger partial charge in [0.2, 0.25) is 21.9 Å². The molecule has 7 heteroatoms. The van der Waals surface area contributed by atoms with E-state index in [0.717, 1.165) is 31.4 Å². The van der Waals surface area contributed by atoms with Gasteiger partial charge in [-0.2, -0.15) is 13.8 Å². The Balaban J connectivity index is 2.15. The largest absolute Gasteiger partial charge is 0.245 e. The lowest BCUT2D eigenvalue weighted by atomic mass is 10.1. The highest BCUT2D eigenvalue weighted by Crippen LogP contribution is 2.48. The minimum Gasteiger partial charge on any atom is -0.210 e. The number of rotatable bonds is 5. The third-order valence-corrected chi connectivity index (χ3v) is 4.82. The lowest BCUT2D eigenvalue weighted by Gasteiger charge is -2.13. The van der Waals surface area contributed by atoms with Crippen molar-refractivity contribution in [2.24, 2.45) is 5.41 Å². The van der Waals surface area contributed by atoms with Crippen molar-refractivity contribution in [2.75, 3.05) is 6.54 Å². The summed E-state index contributed by atoms with van der Waals surface area (Å²) in [5.74, 6) is -2.36. The minimum atomic E-state index is -3.97. The summed E-state index contributed by atoms with van der Waals surface area (Å²) >= 11 is 0. The van der Waals surface area contributed by atoms with Gasteiger partial charge in [-0.05, 0) is 36.8 Å². The van der Waals surface area contributed by atoms with E-state index in [9.17, 15) is 17.2 Å². The summed E-state index contributed by atoms with van der Waals surface area (Å²) in [6.45, 7) is 2.27. The second-order valence-corrected chi connectivity index (χ2v) is 6.34. The molecule has 0 aromatic carbocycles. The lowest BCUT2D eigenvalue weighted by Crippen LogP contribution is -2.30. The number of hydrogen-bond acceptors (Lipinski definition) is 3. The Hall–Kier alpha value is -1.08. The van der Waals surface area contributed by atoms with E-state index in [1.807, 2.05) is 6.92 Å². The first-order valence-electron chi connectivity index (χ1n) is 5.70. The maximum absolute atomic E-state index is 13.3.